The van der Waals surface area contributed by atoms with Crippen LogP contribution in [0.2, 0.25) is 0 Å². The molecule has 0 bridgehead atoms. The summed E-state index contributed by atoms with van der Waals surface area (Å²) in [7, 11) is 0. The molecule has 5 rings (SSSR count). The van der Waals surface area contributed by atoms with Crippen molar-refractivity contribution in [3.05, 3.63) is 78.0 Å². The molecule has 1 aromatic carbocycles. The Morgan fingerprint density at radius 3 is 2.47 bits per heavy atom. The smallest absolute Gasteiger partial charge is 0.341 e. The molecule has 2 aromatic heterocycles. The maximum absolute atomic E-state index is 14.2. The maximum Gasteiger partial charge on any atom is 0.341 e. The lowest BCUT2D eigenvalue weighted by Gasteiger charge is -2.41. The molecule has 164 valence electrons. The summed E-state index contributed by atoms with van der Waals surface area (Å²) in [4.78, 5) is 18.4. The van der Waals surface area contributed by atoms with Gasteiger partial charge in [0, 0.05) is 37.2 Å². The Kier molecular flexibility index (Phi) is 5.04. The minimum absolute atomic E-state index is 0.0492. The predicted molar refractivity (Wildman–Crippen MR) is 109 cm³/mol. The van der Waals surface area contributed by atoms with E-state index < -0.39 is 35.6 Å². The lowest BCUT2D eigenvalue weighted by atomic mass is 10.0. The third-order valence-electron chi connectivity index (χ3n) is 5.38. The van der Waals surface area contributed by atoms with Crippen molar-refractivity contribution >= 4 is 12.2 Å². The Labute approximate surface area is 181 Å². The van der Waals surface area contributed by atoms with E-state index in [0.29, 0.717) is 17.8 Å². The van der Waals surface area contributed by atoms with Crippen molar-refractivity contribution in [1.82, 2.24) is 19.5 Å². The van der Waals surface area contributed by atoms with Gasteiger partial charge in [0.05, 0.1) is 25.3 Å². The first-order valence-electron chi connectivity index (χ1n) is 10.00. The van der Waals surface area contributed by atoms with Crippen molar-refractivity contribution in [2.24, 2.45) is 5.10 Å². The highest BCUT2D eigenvalue weighted by molar-refractivity contribution is 5.79. The zero-order valence-electron chi connectivity index (χ0n) is 16.7. The number of benzene rings is 1. The monoisotopic (exact) mass is 441 g/mol. The number of ether oxygens (including phenoxy) is 1. The lowest BCUT2D eigenvalue weighted by Crippen LogP contribution is -2.58. The van der Waals surface area contributed by atoms with Crippen LogP contribution >= 0.6 is 0 Å². The second-order valence-electron chi connectivity index (χ2n) is 7.59. The Morgan fingerprint density at radius 1 is 1.03 bits per heavy atom. The summed E-state index contributed by atoms with van der Waals surface area (Å²) in [5.74, 6) is -1.46. The number of rotatable bonds is 4. The standard InChI is InChI=1S/C22H18F3N5O2/c23-15-7-14(8-16(24)9-15)19-3-4-27-30(19)22(31)29-12-17(13-29)32-20-10-21(26-11-18(20)25)28-5-1-2-6-28/h1-2,4-11,17,19H,3,12-13H2. The fraction of sp³-hybridized carbons (Fsp3) is 0.227. The molecule has 1 atom stereocenters. The number of carbonyl (C=O) groups is 1. The number of halogens is 3. The molecule has 10 heteroatoms. The van der Waals surface area contributed by atoms with E-state index in [0.717, 1.165) is 12.3 Å². The molecule has 3 aromatic rings. The third-order valence-corrected chi connectivity index (χ3v) is 5.38. The Bertz CT molecular complexity index is 1160. The number of amides is 2. The van der Waals surface area contributed by atoms with E-state index in [4.69, 9.17) is 4.74 Å². The quantitative estimate of drug-likeness (QED) is 0.617. The molecule has 0 spiro atoms. The molecule has 0 aliphatic carbocycles. The summed E-state index contributed by atoms with van der Waals surface area (Å²) in [6.45, 7) is 0.464. The molecule has 0 saturated carbocycles. The normalized spacial score (nSPS) is 18.2. The molecule has 0 radical (unpaired) electrons. The zero-order valence-corrected chi connectivity index (χ0v) is 16.7. The molecule has 1 unspecified atom stereocenters. The van der Waals surface area contributed by atoms with Crippen molar-refractivity contribution < 1.29 is 22.7 Å². The molecular formula is C22H18F3N5O2. The minimum Gasteiger partial charge on any atom is -0.483 e. The van der Waals surface area contributed by atoms with Crippen LogP contribution in [-0.2, 0) is 0 Å². The van der Waals surface area contributed by atoms with Crippen LogP contribution in [0.25, 0.3) is 5.82 Å². The number of carbonyl (C=O) groups excluding carboxylic acids is 1. The first-order valence-corrected chi connectivity index (χ1v) is 10.00. The summed E-state index contributed by atoms with van der Waals surface area (Å²) in [6.07, 6.45) is 6.15. The molecule has 2 aliphatic heterocycles. The van der Waals surface area contributed by atoms with Gasteiger partial charge in [0.25, 0.3) is 0 Å². The minimum atomic E-state index is -0.713. The molecule has 1 fully saturated rings. The van der Waals surface area contributed by atoms with Crippen LogP contribution in [0, 0.1) is 17.5 Å². The van der Waals surface area contributed by atoms with E-state index >= 15 is 0 Å². The molecule has 1 saturated heterocycles. The Balaban J connectivity index is 1.23. The third kappa shape index (κ3) is 3.79. The van der Waals surface area contributed by atoms with Crippen LogP contribution in [-0.4, -0.2) is 50.9 Å². The first kappa shape index (κ1) is 20.1. The average molecular weight is 441 g/mol. The van der Waals surface area contributed by atoms with E-state index in [1.54, 1.807) is 17.0 Å². The van der Waals surface area contributed by atoms with Gasteiger partial charge in [-0.2, -0.15) is 5.10 Å². The second kappa shape index (κ2) is 8.03. The van der Waals surface area contributed by atoms with Gasteiger partial charge >= 0.3 is 6.03 Å². The Hall–Kier alpha value is -3.82. The fourth-order valence-corrected chi connectivity index (χ4v) is 3.76. The van der Waals surface area contributed by atoms with E-state index in [-0.39, 0.29) is 18.8 Å². The van der Waals surface area contributed by atoms with Gasteiger partial charge in [-0.25, -0.2) is 28.0 Å². The number of aromatic nitrogens is 2. The number of hydrazone groups is 1. The van der Waals surface area contributed by atoms with Gasteiger partial charge in [-0.05, 0) is 29.8 Å². The summed E-state index contributed by atoms with van der Waals surface area (Å²) in [5, 5.41) is 5.29. The molecular weight excluding hydrogens is 423 g/mol. The molecule has 32 heavy (non-hydrogen) atoms. The molecule has 2 aliphatic rings. The van der Waals surface area contributed by atoms with E-state index in [2.05, 4.69) is 10.1 Å². The van der Waals surface area contributed by atoms with Crippen LogP contribution in [0.3, 0.4) is 0 Å². The predicted octanol–water partition coefficient (Wildman–Crippen LogP) is 3.91. The number of hydrogen-bond acceptors (Lipinski definition) is 4. The fourth-order valence-electron chi connectivity index (χ4n) is 3.76. The van der Waals surface area contributed by atoms with E-state index in [9.17, 15) is 18.0 Å². The summed E-state index contributed by atoms with van der Waals surface area (Å²) < 4.78 is 48.8. The topological polar surface area (TPSA) is 63.0 Å². The van der Waals surface area contributed by atoms with Crippen LogP contribution in [0.5, 0.6) is 5.75 Å². The number of likely N-dealkylation sites (tertiary alicyclic amines) is 1. The number of nitrogens with zero attached hydrogens (tertiary/aromatic N) is 5. The van der Waals surface area contributed by atoms with Gasteiger partial charge in [0.2, 0.25) is 0 Å². The summed E-state index contributed by atoms with van der Waals surface area (Å²) in [5.41, 5.74) is 0.332. The number of hydrogen-bond donors (Lipinski definition) is 0. The zero-order chi connectivity index (χ0) is 22.2. The van der Waals surface area contributed by atoms with Crippen LogP contribution in [0.1, 0.15) is 18.0 Å². The van der Waals surface area contributed by atoms with Crippen LogP contribution in [0.15, 0.2) is 60.1 Å². The van der Waals surface area contributed by atoms with Crippen molar-refractivity contribution in [3.8, 4) is 11.6 Å². The van der Waals surface area contributed by atoms with Crippen LogP contribution < -0.4 is 4.74 Å². The van der Waals surface area contributed by atoms with Crippen molar-refractivity contribution in [1.29, 1.82) is 0 Å². The highest BCUT2D eigenvalue weighted by atomic mass is 19.1. The first-order chi connectivity index (χ1) is 15.5. The van der Waals surface area contributed by atoms with Gasteiger partial charge in [-0.3, -0.25) is 0 Å². The van der Waals surface area contributed by atoms with Crippen molar-refractivity contribution in [2.75, 3.05) is 13.1 Å². The van der Waals surface area contributed by atoms with Crippen molar-refractivity contribution in [2.45, 2.75) is 18.6 Å². The average Bonchev–Trinajstić information content (AvgIpc) is 3.42. The van der Waals surface area contributed by atoms with Gasteiger partial charge < -0.3 is 14.2 Å². The summed E-state index contributed by atoms with van der Waals surface area (Å²) in [6, 6.07) is 7.33. The van der Waals surface area contributed by atoms with Crippen LogP contribution in [0.4, 0.5) is 18.0 Å². The highest BCUT2D eigenvalue weighted by Gasteiger charge is 2.39. The van der Waals surface area contributed by atoms with Gasteiger partial charge in [0.1, 0.15) is 23.6 Å². The van der Waals surface area contributed by atoms with E-state index in [1.807, 2.05) is 12.1 Å². The maximum atomic E-state index is 14.2. The molecule has 4 heterocycles. The largest absolute Gasteiger partial charge is 0.483 e. The SMILES string of the molecule is O=C(N1CC(Oc2cc(-n3cccc3)ncc2F)C1)N1N=CCC1c1cc(F)cc(F)c1. The number of pyridine rings is 1. The molecule has 2 amide bonds. The van der Waals surface area contributed by atoms with Gasteiger partial charge in [-0.15, -0.1) is 0 Å². The number of urea groups is 1. The van der Waals surface area contributed by atoms with Gasteiger partial charge in [-0.1, -0.05) is 0 Å². The molecule has 7 nitrogen and oxygen atoms in total. The second-order valence-corrected chi connectivity index (χ2v) is 7.59. The van der Waals surface area contributed by atoms with E-state index in [1.165, 1.54) is 34.3 Å². The Morgan fingerprint density at radius 2 is 1.75 bits per heavy atom. The highest BCUT2D eigenvalue weighted by Crippen LogP contribution is 2.32. The lowest BCUT2D eigenvalue weighted by molar-refractivity contribution is 0.0256. The summed E-state index contributed by atoms with van der Waals surface area (Å²) >= 11 is 0. The van der Waals surface area contributed by atoms with Gasteiger partial charge in [0.15, 0.2) is 11.6 Å². The van der Waals surface area contributed by atoms with Crippen molar-refractivity contribution in [3.63, 3.8) is 0 Å². The molecule has 0 N–H and O–H groups in total.